The molecular formula is C13H21N3O. The van der Waals surface area contributed by atoms with Gasteiger partial charge in [-0.1, -0.05) is 14.4 Å². The lowest BCUT2D eigenvalue weighted by Crippen LogP contribution is -2.35. The first-order valence-electron chi connectivity index (χ1n) is 5.79. The predicted octanol–water partition coefficient (Wildman–Crippen LogP) is 1.97. The first-order valence-corrected chi connectivity index (χ1v) is 5.79. The van der Waals surface area contributed by atoms with E-state index in [0.717, 1.165) is 25.8 Å². The number of aromatic nitrogens is 1. The fourth-order valence-corrected chi connectivity index (χ4v) is 1.88. The number of hydrogen-bond acceptors (Lipinski definition) is 3. The molecule has 17 heavy (non-hydrogen) atoms. The van der Waals surface area contributed by atoms with Crippen molar-refractivity contribution in [1.29, 1.82) is 0 Å². The molecule has 0 bridgehead atoms. The van der Waals surface area contributed by atoms with Gasteiger partial charge in [-0.3, -0.25) is 4.79 Å². The number of anilines is 1. The monoisotopic (exact) mass is 235 g/mol. The Balaban J connectivity index is 0.00000144. The van der Waals surface area contributed by atoms with Crippen LogP contribution in [0, 0.1) is 0 Å². The summed E-state index contributed by atoms with van der Waals surface area (Å²) in [7, 11) is 0. The van der Waals surface area contributed by atoms with E-state index in [4.69, 9.17) is 0 Å². The Morgan fingerprint density at radius 3 is 3.12 bits per heavy atom. The number of aryl methyl sites for hydroxylation is 1. The second kappa shape index (κ2) is 6.35. The fourth-order valence-electron chi connectivity index (χ4n) is 1.88. The molecule has 1 fully saturated rings. The summed E-state index contributed by atoms with van der Waals surface area (Å²) >= 11 is 0. The smallest absolute Gasteiger partial charge is 0.242 e. The Labute approximate surface area is 103 Å². The average molecular weight is 235 g/mol. The molecular weight excluding hydrogens is 214 g/mol. The summed E-state index contributed by atoms with van der Waals surface area (Å²) in [5.74, 6) is 0.677. The summed E-state index contributed by atoms with van der Waals surface area (Å²) in [4.78, 5) is 15.9. The Kier molecular flexibility index (Phi) is 5.10. The highest BCUT2D eigenvalue weighted by atomic mass is 16.2. The normalized spacial score (nSPS) is 18.5. The van der Waals surface area contributed by atoms with Crippen LogP contribution in [0.2, 0.25) is 0 Å². The second-order valence-corrected chi connectivity index (χ2v) is 4.04. The van der Waals surface area contributed by atoms with Crippen LogP contribution in [0.15, 0.2) is 18.3 Å². The van der Waals surface area contributed by atoms with Crippen LogP contribution in [-0.2, 0) is 11.2 Å². The SMILES string of the molecule is C.CCc1ccnc(NC(=O)[C@@H]2CCCN2)c1. The van der Waals surface area contributed by atoms with Crippen LogP contribution in [0.1, 0.15) is 32.8 Å². The predicted molar refractivity (Wildman–Crippen MR) is 70.0 cm³/mol. The quantitative estimate of drug-likeness (QED) is 0.842. The number of nitrogens with one attached hydrogen (secondary N) is 2. The van der Waals surface area contributed by atoms with Crippen molar-refractivity contribution in [2.24, 2.45) is 0 Å². The molecule has 1 aromatic rings. The summed E-state index contributed by atoms with van der Waals surface area (Å²) in [6, 6.07) is 3.84. The van der Waals surface area contributed by atoms with Crippen LogP contribution in [0.3, 0.4) is 0 Å². The van der Waals surface area contributed by atoms with Crippen LogP contribution < -0.4 is 10.6 Å². The third kappa shape index (κ3) is 3.53. The van der Waals surface area contributed by atoms with Gasteiger partial charge in [0.2, 0.25) is 5.91 Å². The molecule has 4 nitrogen and oxygen atoms in total. The number of carbonyl (C=O) groups is 1. The molecule has 2 rings (SSSR count). The van der Waals surface area contributed by atoms with Crippen LogP contribution >= 0.6 is 0 Å². The van der Waals surface area contributed by atoms with Crippen LogP contribution in [-0.4, -0.2) is 23.5 Å². The number of pyridine rings is 1. The summed E-state index contributed by atoms with van der Waals surface area (Å²) < 4.78 is 0. The van der Waals surface area contributed by atoms with Gasteiger partial charge in [0.25, 0.3) is 0 Å². The highest BCUT2D eigenvalue weighted by molar-refractivity contribution is 5.94. The molecule has 1 aromatic heterocycles. The van der Waals surface area contributed by atoms with Gasteiger partial charge >= 0.3 is 0 Å². The van der Waals surface area contributed by atoms with Crippen LogP contribution in [0.5, 0.6) is 0 Å². The fraction of sp³-hybridized carbons (Fsp3) is 0.538. The van der Waals surface area contributed by atoms with Gasteiger partial charge in [0, 0.05) is 6.20 Å². The number of carbonyl (C=O) groups excluding carboxylic acids is 1. The zero-order chi connectivity index (χ0) is 11.4. The molecule has 1 aliphatic heterocycles. The molecule has 1 saturated heterocycles. The van der Waals surface area contributed by atoms with Gasteiger partial charge in [0.1, 0.15) is 5.82 Å². The molecule has 2 heterocycles. The maximum atomic E-state index is 11.8. The molecule has 4 heteroatoms. The highest BCUT2D eigenvalue weighted by Gasteiger charge is 2.21. The molecule has 94 valence electrons. The van der Waals surface area contributed by atoms with E-state index in [-0.39, 0.29) is 19.4 Å². The Morgan fingerprint density at radius 2 is 2.47 bits per heavy atom. The summed E-state index contributed by atoms with van der Waals surface area (Å²) in [6.07, 6.45) is 4.67. The molecule has 1 amide bonds. The maximum Gasteiger partial charge on any atom is 0.242 e. The molecule has 0 spiro atoms. The Bertz CT molecular complexity index is 373. The molecule has 1 aliphatic rings. The maximum absolute atomic E-state index is 11.8. The molecule has 0 unspecified atom stereocenters. The standard InChI is InChI=1S/C12H17N3O.CH4/c1-2-9-5-7-14-11(8-9)15-12(16)10-4-3-6-13-10;/h5,7-8,10,13H,2-4,6H2,1H3,(H,14,15,16);1H4/t10-;/m0./s1. The van der Waals surface area contributed by atoms with E-state index in [0.29, 0.717) is 5.82 Å². The first-order chi connectivity index (χ1) is 7.79. The van der Waals surface area contributed by atoms with Crippen molar-refractivity contribution in [2.45, 2.75) is 39.7 Å². The van der Waals surface area contributed by atoms with Crippen molar-refractivity contribution in [3.8, 4) is 0 Å². The summed E-state index contributed by atoms with van der Waals surface area (Å²) in [5.41, 5.74) is 1.18. The van der Waals surface area contributed by atoms with E-state index in [1.54, 1.807) is 6.20 Å². The summed E-state index contributed by atoms with van der Waals surface area (Å²) in [5, 5.41) is 6.01. The first kappa shape index (κ1) is 13.6. The van der Waals surface area contributed by atoms with Crippen molar-refractivity contribution in [1.82, 2.24) is 10.3 Å². The minimum absolute atomic E-state index is 0. The van der Waals surface area contributed by atoms with Gasteiger partial charge in [0.15, 0.2) is 0 Å². The Morgan fingerprint density at radius 1 is 1.65 bits per heavy atom. The van der Waals surface area contributed by atoms with Gasteiger partial charge in [-0.25, -0.2) is 4.98 Å². The van der Waals surface area contributed by atoms with E-state index in [1.165, 1.54) is 5.56 Å². The molecule has 1 atom stereocenters. The molecule has 0 saturated carbocycles. The van der Waals surface area contributed by atoms with E-state index < -0.39 is 0 Å². The van der Waals surface area contributed by atoms with Crippen molar-refractivity contribution in [3.05, 3.63) is 23.9 Å². The zero-order valence-electron chi connectivity index (χ0n) is 9.49. The minimum Gasteiger partial charge on any atom is -0.309 e. The lowest BCUT2D eigenvalue weighted by Gasteiger charge is -2.10. The number of hydrogen-bond donors (Lipinski definition) is 2. The third-order valence-corrected chi connectivity index (χ3v) is 2.86. The Hall–Kier alpha value is -1.42. The molecule has 0 aliphatic carbocycles. The van der Waals surface area contributed by atoms with E-state index in [2.05, 4.69) is 22.5 Å². The lowest BCUT2D eigenvalue weighted by molar-refractivity contribution is -0.117. The average Bonchev–Trinajstić information content (AvgIpc) is 2.83. The van der Waals surface area contributed by atoms with Crippen molar-refractivity contribution in [2.75, 3.05) is 11.9 Å². The van der Waals surface area contributed by atoms with Crippen molar-refractivity contribution >= 4 is 11.7 Å². The summed E-state index contributed by atoms with van der Waals surface area (Å²) in [6.45, 7) is 3.01. The van der Waals surface area contributed by atoms with Gasteiger partial charge < -0.3 is 10.6 Å². The van der Waals surface area contributed by atoms with Crippen LogP contribution in [0.4, 0.5) is 5.82 Å². The molecule has 0 radical (unpaired) electrons. The topological polar surface area (TPSA) is 54.0 Å². The van der Waals surface area contributed by atoms with Crippen molar-refractivity contribution < 1.29 is 4.79 Å². The second-order valence-electron chi connectivity index (χ2n) is 4.04. The van der Waals surface area contributed by atoms with Gasteiger partial charge in [-0.15, -0.1) is 0 Å². The van der Waals surface area contributed by atoms with Crippen LogP contribution in [0.25, 0.3) is 0 Å². The van der Waals surface area contributed by atoms with E-state index in [9.17, 15) is 4.79 Å². The highest BCUT2D eigenvalue weighted by Crippen LogP contribution is 2.10. The number of amides is 1. The lowest BCUT2D eigenvalue weighted by atomic mass is 10.2. The molecule has 0 aromatic carbocycles. The van der Waals surface area contributed by atoms with E-state index >= 15 is 0 Å². The largest absolute Gasteiger partial charge is 0.309 e. The van der Waals surface area contributed by atoms with Gasteiger partial charge in [-0.2, -0.15) is 0 Å². The zero-order valence-corrected chi connectivity index (χ0v) is 9.49. The number of rotatable bonds is 3. The molecule has 2 N–H and O–H groups in total. The minimum atomic E-state index is -0.0490. The van der Waals surface area contributed by atoms with Crippen molar-refractivity contribution in [3.63, 3.8) is 0 Å². The number of nitrogens with zero attached hydrogens (tertiary/aromatic N) is 1. The van der Waals surface area contributed by atoms with Gasteiger partial charge in [0.05, 0.1) is 6.04 Å². The van der Waals surface area contributed by atoms with E-state index in [1.807, 2.05) is 12.1 Å². The third-order valence-electron chi connectivity index (χ3n) is 2.86. The van der Waals surface area contributed by atoms with Gasteiger partial charge in [-0.05, 0) is 43.5 Å².